The van der Waals surface area contributed by atoms with Crippen molar-refractivity contribution in [1.29, 1.82) is 0 Å². The van der Waals surface area contributed by atoms with Gasteiger partial charge in [0.25, 0.3) is 0 Å². The van der Waals surface area contributed by atoms with E-state index in [1.54, 1.807) is 11.3 Å². The lowest BCUT2D eigenvalue weighted by Crippen LogP contribution is -2.29. The van der Waals surface area contributed by atoms with Gasteiger partial charge >= 0.3 is 6.18 Å². The van der Waals surface area contributed by atoms with E-state index in [0.29, 0.717) is 0 Å². The topological polar surface area (TPSA) is 21.3 Å². The minimum Gasteiger partial charge on any atom is -0.292 e. The van der Waals surface area contributed by atoms with Gasteiger partial charge in [-0.05, 0) is 53.5 Å². The van der Waals surface area contributed by atoms with Crippen molar-refractivity contribution in [2.24, 2.45) is 0 Å². The van der Waals surface area contributed by atoms with Crippen LogP contribution in [0.2, 0.25) is 0 Å². The summed E-state index contributed by atoms with van der Waals surface area (Å²) in [5.41, 5.74) is 3.62. The Labute approximate surface area is 115 Å². The predicted octanol–water partition coefficient (Wildman–Crippen LogP) is 3.81. The van der Waals surface area contributed by atoms with E-state index in [1.165, 1.54) is 4.88 Å². The molecule has 1 aromatic heterocycles. The van der Waals surface area contributed by atoms with Crippen LogP contribution >= 0.6 is 33.9 Å². The van der Waals surface area contributed by atoms with Crippen LogP contribution in [-0.2, 0) is 11.3 Å². The van der Waals surface area contributed by atoms with Crippen molar-refractivity contribution < 1.29 is 18.0 Å². The molecule has 1 aromatic rings. The summed E-state index contributed by atoms with van der Waals surface area (Å²) in [6.45, 7) is -1.25. The van der Waals surface area contributed by atoms with Gasteiger partial charge in [-0.15, -0.1) is 11.3 Å². The summed E-state index contributed by atoms with van der Waals surface area (Å²) in [6.07, 6.45) is -1.47. The van der Waals surface area contributed by atoms with Crippen LogP contribution in [0.5, 0.6) is 0 Å². The quantitative estimate of drug-likeness (QED) is 0.639. The van der Waals surface area contributed by atoms with Crippen molar-refractivity contribution in [2.75, 3.05) is 6.61 Å². The third-order valence-corrected chi connectivity index (χ3v) is 4.52. The molecule has 1 N–H and O–H groups in total. The lowest BCUT2D eigenvalue weighted by Gasteiger charge is -2.23. The highest BCUT2D eigenvalue weighted by Gasteiger charge is 2.29. The van der Waals surface area contributed by atoms with E-state index in [-0.39, 0.29) is 6.04 Å². The van der Waals surface area contributed by atoms with E-state index in [9.17, 15) is 13.2 Å². The molecule has 1 heterocycles. The van der Waals surface area contributed by atoms with E-state index >= 15 is 0 Å². The Balaban J connectivity index is 1.94. The van der Waals surface area contributed by atoms with Gasteiger partial charge in [-0.25, -0.2) is 0 Å². The Kier molecular flexibility index (Phi) is 4.32. The van der Waals surface area contributed by atoms with Gasteiger partial charge in [-0.2, -0.15) is 18.7 Å². The zero-order chi connectivity index (χ0) is 12.5. The SMILES string of the molecule is FC(F)(F)CONC1CCCc2sc(I)cc21. The number of thiophene rings is 1. The molecule has 0 fully saturated rings. The first-order valence-corrected chi connectivity index (χ1v) is 7.07. The van der Waals surface area contributed by atoms with Crippen LogP contribution in [0.15, 0.2) is 6.07 Å². The number of fused-ring (bicyclic) bond motifs is 1. The Hall–Kier alpha value is 0.140. The van der Waals surface area contributed by atoms with Crippen molar-refractivity contribution >= 4 is 33.9 Å². The second-order valence-corrected chi connectivity index (χ2v) is 6.93. The number of hydrogen-bond donors (Lipinski definition) is 1. The molecule has 0 radical (unpaired) electrons. The Morgan fingerprint density at radius 3 is 3.00 bits per heavy atom. The van der Waals surface area contributed by atoms with Gasteiger partial charge in [-0.3, -0.25) is 4.84 Å². The zero-order valence-electron chi connectivity index (χ0n) is 8.81. The average molecular weight is 377 g/mol. The zero-order valence-corrected chi connectivity index (χ0v) is 11.8. The Morgan fingerprint density at radius 1 is 1.53 bits per heavy atom. The summed E-state index contributed by atoms with van der Waals surface area (Å²) in [7, 11) is 0. The summed E-state index contributed by atoms with van der Waals surface area (Å²) in [4.78, 5) is 5.79. The highest BCUT2D eigenvalue weighted by Crippen LogP contribution is 2.36. The lowest BCUT2D eigenvalue weighted by atomic mass is 9.95. The van der Waals surface area contributed by atoms with E-state index in [2.05, 4.69) is 32.9 Å². The third kappa shape index (κ3) is 3.80. The summed E-state index contributed by atoms with van der Waals surface area (Å²) in [5.74, 6) is 0. The second-order valence-electron chi connectivity index (χ2n) is 3.90. The number of hydroxylamine groups is 1. The molecule has 2 rings (SSSR count). The summed E-state index contributed by atoms with van der Waals surface area (Å²) < 4.78 is 37.0. The fourth-order valence-electron chi connectivity index (χ4n) is 1.87. The highest BCUT2D eigenvalue weighted by atomic mass is 127. The largest absolute Gasteiger partial charge is 0.413 e. The summed E-state index contributed by atoms with van der Waals surface area (Å²) >= 11 is 3.93. The molecule has 1 aliphatic carbocycles. The number of alkyl halides is 3. The van der Waals surface area contributed by atoms with Gasteiger partial charge in [0.2, 0.25) is 0 Å². The van der Waals surface area contributed by atoms with Crippen molar-refractivity contribution in [3.63, 3.8) is 0 Å². The van der Waals surface area contributed by atoms with Crippen molar-refractivity contribution in [3.8, 4) is 0 Å². The number of aryl methyl sites for hydroxylation is 1. The molecule has 0 bridgehead atoms. The van der Waals surface area contributed by atoms with E-state index in [1.807, 2.05) is 6.07 Å². The van der Waals surface area contributed by atoms with Gasteiger partial charge in [0, 0.05) is 4.88 Å². The Morgan fingerprint density at radius 2 is 2.29 bits per heavy atom. The smallest absolute Gasteiger partial charge is 0.292 e. The maximum Gasteiger partial charge on any atom is 0.413 e. The monoisotopic (exact) mass is 377 g/mol. The number of rotatable bonds is 3. The van der Waals surface area contributed by atoms with Gasteiger partial charge in [0.05, 0.1) is 8.93 Å². The maximum atomic E-state index is 11.9. The molecule has 7 heteroatoms. The van der Waals surface area contributed by atoms with Crippen LogP contribution < -0.4 is 5.48 Å². The molecule has 1 aliphatic rings. The van der Waals surface area contributed by atoms with Crippen LogP contribution in [0.25, 0.3) is 0 Å². The molecule has 0 saturated heterocycles. The number of halogens is 4. The summed E-state index contributed by atoms with van der Waals surface area (Å²) in [6, 6.07) is 1.91. The Bertz CT molecular complexity index is 393. The van der Waals surface area contributed by atoms with E-state index < -0.39 is 12.8 Å². The molecule has 0 aliphatic heterocycles. The first-order chi connectivity index (χ1) is 7.96. The van der Waals surface area contributed by atoms with E-state index in [4.69, 9.17) is 0 Å². The van der Waals surface area contributed by atoms with Crippen LogP contribution in [-0.4, -0.2) is 12.8 Å². The van der Waals surface area contributed by atoms with Crippen molar-refractivity contribution in [1.82, 2.24) is 5.48 Å². The van der Waals surface area contributed by atoms with Gasteiger partial charge in [0.15, 0.2) is 6.61 Å². The summed E-state index contributed by atoms with van der Waals surface area (Å²) in [5, 5.41) is 0. The van der Waals surface area contributed by atoms with Crippen LogP contribution in [0, 0.1) is 2.88 Å². The minimum atomic E-state index is -4.28. The van der Waals surface area contributed by atoms with Crippen LogP contribution in [0.1, 0.15) is 29.3 Å². The molecule has 0 saturated carbocycles. The first kappa shape index (κ1) is 13.6. The van der Waals surface area contributed by atoms with Crippen LogP contribution in [0.4, 0.5) is 13.2 Å². The molecular weight excluding hydrogens is 366 g/mol. The lowest BCUT2D eigenvalue weighted by molar-refractivity contribution is -0.193. The molecule has 96 valence electrons. The molecule has 0 spiro atoms. The fraction of sp³-hybridized carbons (Fsp3) is 0.600. The van der Waals surface area contributed by atoms with Crippen LogP contribution in [0.3, 0.4) is 0 Å². The van der Waals surface area contributed by atoms with E-state index in [0.717, 1.165) is 27.7 Å². The molecule has 17 heavy (non-hydrogen) atoms. The first-order valence-electron chi connectivity index (χ1n) is 5.18. The molecular formula is C10H11F3INOS. The fourth-order valence-corrected chi connectivity index (χ4v) is 3.99. The molecule has 0 amide bonds. The minimum absolute atomic E-state index is 0.110. The second kappa shape index (κ2) is 5.41. The van der Waals surface area contributed by atoms with Gasteiger partial charge < -0.3 is 0 Å². The predicted molar refractivity (Wildman–Crippen MR) is 67.9 cm³/mol. The molecule has 1 atom stereocenters. The number of nitrogens with one attached hydrogen (secondary N) is 1. The molecule has 1 unspecified atom stereocenters. The molecule has 0 aromatic carbocycles. The normalized spacial score (nSPS) is 20.4. The van der Waals surface area contributed by atoms with Gasteiger partial charge in [0.1, 0.15) is 0 Å². The average Bonchev–Trinajstić information content (AvgIpc) is 2.57. The maximum absolute atomic E-state index is 11.9. The standard InChI is InChI=1S/C10H11F3INOS/c11-10(12,13)5-16-15-7-2-1-3-8-6(7)4-9(14)17-8/h4,7,15H,1-3,5H2. The highest BCUT2D eigenvalue weighted by molar-refractivity contribution is 14.1. The molecule has 2 nitrogen and oxygen atoms in total. The third-order valence-electron chi connectivity index (χ3n) is 2.55. The van der Waals surface area contributed by atoms with Crippen molar-refractivity contribution in [2.45, 2.75) is 31.5 Å². The van der Waals surface area contributed by atoms with Crippen molar-refractivity contribution in [3.05, 3.63) is 19.4 Å². The van der Waals surface area contributed by atoms with Gasteiger partial charge in [-0.1, -0.05) is 0 Å². The number of hydrogen-bond acceptors (Lipinski definition) is 3.